The van der Waals surface area contributed by atoms with Gasteiger partial charge in [0.1, 0.15) is 0 Å². The molecule has 2 N–H and O–H groups in total. The topological polar surface area (TPSA) is 32.3 Å². The highest BCUT2D eigenvalue weighted by Gasteiger charge is 2.33. The molecule has 1 saturated carbocycles. The lowest BCUT2D eigenvalue weighted by molar-refractivity contribution is -0.135. The maximum Gasteiger partial charge on any atom is 0.389 e. The second-order valence-corrected chi connectivity index (χ2v) is 5.65. The highest BCUT2D eigenvalue weighted by molar-refractivity contribution is 4.86. The third kappa shape index (κ3) is 5.57. The minimum atomic E-state index is -4.04. The normalized spacial score (nSPS) is 21.2. The summed E-state index contributed by atoms with van der Waals surface area (Å²) in [5.74, 6) is 0. The molecule has 1 aliphatic carbocycles. The number of hydrogen-bond acceptors (Lipinski definition) is 2. The van der Waals surface area contributed by atoms with Gasteiger partial charge in [-0.2, -0.15) is 13.2 Å². The Morgan fingerprint density at radius 1 is 1.28 bits per heavy atom. The molecule has 0 aromatic carbocycles. The van der Waals surface area contributed by atoms with Crippen LogP contribution in [-0.2, 0) is 0 Å². The molecule has 0 aromatic heterocycles. The van der Waals surface area contributed by atoms with Gasteiger partial charge in [0, 0.05) is 31.0 Å². The van der Waals surface area contributed by atoms with Crippen LogP contribution in [0.1, 0.15) is 51.9 Å². The highest BCUT2D eigenvalue weighted by Crippen LogP contribution is 2.37. The standard InChI is InChI=1S/C13H24F3NO/c1-11(5-4-8-13(14,15)16)17-9-12(10-18)6-2-3-7-12/h11,17-18H,2-10H2,1H3. The maximum atomic E-state index is 12.0. The van der Waals surface area contributed by atoms with E-state index in [1.807, 2.05) is 6.92 Å². The van der Waals surface area contributed by atoms with Crippen molar-refractivity contribution < 1.29 is 18.3 Å². The summed E-state index contributed by atoms with van der Waals surface area (Å²) in [6.07, 6.45) is 0.277. The molecule has 1 atom stereocenters. The van der Waals surface area contributed by atoms with E-state index in [1.54, 1.807) is 0 Å². The van der Waals surface area contributed by atoms with Gasteiger partial charge in [0.25, 0.3) is 0 Å². The molecule has 0 aliphatic heterocycles. The van der Waals surface area contributed by atoms with Gasteiger partial charge in [0.2, 0.25) is 0 Å². The Hall–Kier alpha value is -0.290. The van der Waals surface area contributed by atoms with Gasteiger partial charge in [-0.1, -0.05) is 12.8 Å². The van der Waals surface area contributed by atoms with Crippen molar-refractivity contribution in [1.82, 2.24) is 5.32 Å². The van der Waals surface area contributed by atoms with Crippen molar-refractivity contribution in [3.8, 4) is 0 Å². The Kier molecular flexibility index (Phi) is 5.92. The van der Waals surface area contributed by atoms with Gasteiger partial charge >= 0.3 is 6.18 Å². The van der Waals surface area contributed by atoms with E-state index in [9.17, 15) is 18.3 Å². The summed E-state index contributed by atoms with van der Waals surface area (Å²) in [4.78, 5) is 0. The number of alkyl halides is 3. The van der Waals surface area contributed by atoms with Gasteiger partial charge in [-0.05, 0) is 32.6 Å². The molecule has 1 aliphatic rings. The average molecular weight is 267 g/mol. The molecule has 0 amide bonds. The van der Waals surface area contributed by atoms with E-state index in [-0.39, 0.29) is 24.5 Å². The summed E-state index contributed by atoms with van der Waals surface area (Å²) in [7, 11) is 0. The van der Waals surface area contributed by atoms with Crippen LogP contribution in [0.3, 0.4) is 0 Å². The van der Waals surface area contributed by atoms with Crippen LogP contribution in [0.25, 0.3) is 0 Å². The van der Waals surface area contributed by atoms with Gasteiger partial charge in [-0.25, -0.2) is 0 Å². The van der Waals surface area contributed by atoms with Crippen molar-refractivity contribution in [2.45, 2.75) is 64.1 Å². The van der Waals surface area contributed by atoms with E-state index < -0.39 is 12.6 Å². The minimum Gasteiger partial charge on any atom is -0.396 e. The first-order valence-electron chi connectivity index (χ1n) is 6.78. The summed E-state index contributed by atoms with van der Waals surface area (Å²) in [5.41, 5.74) is -0.0295. The summed E-state index contributed by atoms with van der Waals surface area (Å²) < 4.78 is 36.0. The van der Waals surface area contributed by atoms with Crippen molar-refractivity contribution in [3.05, 3.63) is 0 Å². The Morgan fingerprint density at radius 3 is 2.39 bits per heavy atom. The molecule has 1 unspecified atom stereocenters. The molecular weight excluding hydrogens is 243 g/mol. The van der Waals surface area contributed by atoms with E-state index in [0.717, 1.165) is 32.2 Å². The van der Waals surface area contributed by atoms with Crippen LogP contribution in [0.4, 0.5) is 13.2 Å². The number of hydrogen-bond donors (Lipinski definition) is 2. The lowest BCUT2D eigenvalue weighted by Crippen LogP contribution is -2.39. The fraction of sp³-hybridized carbons (Fsp3) is 1.00. The fourth-order valence-corrected chi connectivity index (χ4v) is 2.62. The van der Waals surface area contributed by atoms with E-state index in [1.165, 1.54) is 0 Å². The fourth-order valence-electron chi connectivity index (χ4n) is 2.62. The molecule has 1 fully saturated rings. The summed E-state index contributed by atoms with van der Waals surface area (Å²) in [6.45, 7) is 2.81. The van der Waals surface area contributed by atoms with Crippen molar-refractivity contribution in [2.75, 3.05) is 13.2 Å². The van der Waals surface area contributed by atoms with Crippen LogP contribution >= 0.6 is 0 Å². The number of rotatable bonds is 7. The molecule has 1 rings (SSSR count). The molecule has 0 radical (unpaired) electrons. The largest absolute Gasteiger partial charge is 0.396 e. The predicted molar refractivity (Wildman–Crippen MR) is 65.4 cm³/mol. The van der Waals surface area contributed by atoms with Crippen molar-refractivity contribution >= 4 is 0 Å². The zero-order valence-corrected chi connectivity index (χ0v) is 11.0. The van der Waals surface area contributed by atoms with E-state index in [4.69, 9.17) is 0 Å². The Bertz CT molecular complexity index is 237. The Balaban J connectivity index is 2.18. The zero-order chi connectivity index (χ0) is 13.6. The van der Waals surface area contributed by atoms with E-state index in [2.05, 4.69) is 5.32 Å². The van der Waals surface area contributed by atoms with Crippen LogP contribution in [0.2, 0.25) is 0 Å². The smallest absolute Gasteiger partial charge is 0.389 e. The number of halogens is 3. The molecule has 0 spiro atoms. The lowest BCUT2D eigenvalue weighted by Gasteiger charge is -2.28. The first kappa shape index (κ1) is 15.8. The Morgan fingerprint density at radius 2 is 1.89 bits per heavy atom. The minimum absolute atomic E-state index is 0.0295. The molecule has 0 saturated heterocycles. The molecular formula is C13H24F3NO. The molecule has 18 heavy (non-hydrogen) atoms. The first-order chi connectivity index (χ1) is 8.37. The van der Waals surface area contributed by atoms with Gasteiger partial charge < -0.3 is 10.4 Å². The van der Waals surface area contributed by atoms with Crippen LogP contribution in [-0.4, -0.2) is 30.5 Å². The third-order valence-corrected chi connectivity index (χ3v) is 3.92. The molecule has 2 nitrogen and oxygen atoms in total. The summed E-state index contributed by atoms with van der Waals surface area (Å²) in [5, 5.41) is 12.7. The second-order valence-electron chi connectivity index (χ2n) is 5.65. The van der Waals surface area contributed by atoms with Gasteiger partial charge in [-0.15, -0.1) is 0 Å². The number of nitrogens with one attached hydrogen (secondary N) is 1. The Labute approximate surface area is 107 Å². The van der Waals surface area contributed by atoms with Crippen LogP contribution in [0, 0.1) is 5.41 Å². The lowest BCUT2D eigenvalue weighted by atomic mass is 9.87. The van der Waals surface area contributed by atoms with Gasteiger partial charge in [0.15, 0.2) is 0 Å². The third-order valence-electron chi connectivity index (χ3n) is 3.92. The quantitative estimate of drug-likeness (QED) is 0.742. The molecule has 0 heterocycles. The van der Waals surface area contributed by atoms with Crippen LogP contribution in [0.5, 0.6) is 0 Å². The summed E-state index contributed by atoms with van der Waals surface area (Å²) >= 11 is 0. The predicted octanol–water partition coefficient (Wildman–Crippen LogP) is 3.25. The van der Waals surface area contributed by atoms with Crippen LogP contribution < -0.4 is 5.32 Å². The van der Waals surface area contributed by atoms with Crippen LogP contribution in [0.15, 0.2) is 0 Å². The molecule has 0 bridgehead atoms. The van der Waals surface area contributed by atoms with Crippen molar-refractivity contribution in [3.63, 3.8) is 0 Å². The number of aliphatic hydroxyl groups excluding tert-OH is 1. The SMILES string of the molecule is CC(CCCC(F)(F)F)NCC1(CO)CCCC1. The monoisotopic (exact) mass is 267 g/mol. The first-order valence-corrected chi connectivity index (χ1v) is 6.78. The van der Waals surface area contributed by atoms with Gasteiger partial charge in [-0.3, -0.25) is 0 Å². The molecule has 0 aromatic rings. The van der Waals surface area contributed by atoms with Crippen molar-refractivity contribution in [1.29, 1.82) is 0 Å². The maximum absolute atomic E-state index is 12.0. The van der Waals surface area contributed by atoms with E-state index >= 15 is 0 Å². The number of aliphatic hydroxyl groups is 1. The average Bonchev–Trinajstić information content (AvgIpc) is 2.74. The second kappa shape index (κ2) is 6.75. The van der Waals surface area contributed by atoms with Gasteiger partial charge in [0.05, 0.1) is 0 Å². The zero-order valence-electron chi connectivity index (χ0n) is 11.0. The molecule has 5 heteroatoms. The van der Waals surface area contributed by atoms with Crippen molar-refractivity contribution in [2.24, 2.45) is 5.41 Å². The summed E-state index contributed by atoms with van der Waals surface area (Å²) in [6, 6.07) is 0.0800. The highest BCUT2D eigenvalue weighted by atomic mass is 19.4. The molecule has 108 valence electrons. The van der Waals surface area contributed by atoms with E-state index in [0.29, 0.717) is 6.42 Å².